The quantitative estimate of drug-likeness (QED) is 0.518. The van der Waals surface area contributed by atoms with Gasteiger partial charge < -0.3 is 16.0 Å². The first kappa shape index (κ1) is 18.8. The van der Waals surface area contributed by atoms with Gasteiger partial charge in [-0.1, -0.05) is 23.7 Å². The van der Waals surface area contributed by atoms with Gasteiger partial charge >= 0.3 is 0 Å². The topological polar surface area (TPSA) is 53.2 Å². The third-order valence-electron chi connectivity index (χ3n) is 4.06. The average Bonchev–Trinajstić information content (AvgIpc) is 2.63. The van der Waals surface area contributed by atoms with Gasteiger partial charge in [-0.15, -0.1) is 11.8 Å². The average molecular weight is 404 g/mol. The lowest BCUT2D eigenvalue weighted by molar-refractivity contribution is -0.113. The lowest BCUT2D eigenvalue weighted by atomic mass is 9.95. The Labute approximate surface area is 167 Å². The normalized spacial score (nSPS) is 16.7. The van der Waals surface area contributed by atoms with E-state index in [0.717, 1.165) is 16.2 Å². The Morgan fingerprint density at radius 3 is 2.42 bits per heavy atom. The maximum absolute atomic E-state index is 12.9. The fraction of sp³-hybridized carbons (Fsp3) is 0.158. The van der Waals surface area contributed by atoms with Crippen LogP contribution >= 0.6 is 35.6 Å². The number of amides is 1. The first-order valence-electron chi connectivity index (χ1n) is 7.97. The monoisotopic (exact) mass is 403 g/mol. The predicted molar refractivity (Wildman–Crippen MR) is 113 cm³/mol. The van der Waals surface area contributed by atoms with E-state index in [1.807, 2.05) is 37.4 Å². The Morgan fingerprint density at radius 2 is 1.81 bits per heavy atom. The first-order valence-corrected chi connectivity index (χ1v) is 9.98. The standard InChI is InChI=1S/C19H18ClN3OS2/c1-11-16(18(24)22-14-7-5-13(20)6-8-14)17(23-19(25)21-11)12-3-9-15(26-2)10-4-12/h3-10,17H,1-2H3,(H,22,24)(H2,21,23,25)/t17-/m1/s1. The Kier molecular flexibility index (Phi) is 5.86. The van der Waals surface area contributed by atoms with Crippen LogP contribution in [-0.4, -0.2) is 17.3 Å². The van der Waals surface area contributed by atoms with E-state index >= 15 is 0 Å². The van der Waals surface area contributed by atoms with E-state index in [0.29, 0.717) is 21.4 Å². The Bertz CT molecular complexity index is 863. The molecule has 7 heteroatoms. The summed E-state index contributed by atoms with van der Waals surface area (Å²) in [4.78, 5) is 14.1. The molecule has 1 aliphatic heterocycles. The van der Waals surface area contributed by atoms with Gasteiger partial charge in [0.15, 0.2) is 5.11 Å². The number of carbonyl (C=O) groups excluding carboxylic acids is 1. The summed E-state index contributed by atoms with van der Waals surface area (Å²) in [6.07, 6.45) is 2.03. The molecule has 1 aliphatic rings. The molecule has 1 atom stereocenters. The minimum atomic E-state index is -0.313. The first-order chi connectivity index (χ1) is 12.5. The molecule has 0 radical (unpaired) electrons. The van der Waals surface area contributed by atoms with Crippen molar-refractivity contribution in [3.63, 3.8) is 0 Å². The van der Waals surface area contributed by atoms with Gasteiger partial charge in [0.05, 0.1) is 11.6 Å². The number of rotatable bonds is 4. The third kappa shape index (κ3) is 4.20. The highest BCUT2D eigenvalue weighted by Gasteiger charge is 2.29. The van der Waals surface area contributed by atoms with E-state index in [1.54, 1.807) is 36.0 Å². The second-order valence-electron chi connectivity index (χ2n) is 5.80. The van der Waals surface area contributed by atoms with E-state index in [4.69, 9.17) is 23.8 Å². The summed E-state index contributed by atoms with van der Waals surface area (Å²) in [6, 6.07) is 14.8. The molecule has 3 rings (SSSR count). The molecule has 1 heterocycles. The van der Waals surface area contributed by atoms with Gasteiger partial charge in [0.2, 0.25) is 0 Å². The number of halogens is 1. The van der Waals surface area contributed by atoms with E-state index in [9.17, 15) is 4.79 Å². The van der Waals surface area contributed by atoms with Crippen LogP contribution in [0.1, 0.15) is 18.5 Å². The van der Waals surface area contributed by atoms with Crippen LogP contribution in [0.25, 0.3) is 0 Å². The fourth-order valence-electron chi connectivity index (χ4n) is 2.77. The van der Waals surface area contributed by atoms with Crippen molar-refractivity contribution in [2.45, 2.75) is 17.9 Å². The van der Waals surface area contributed by atoms with Crippen molar-refractivity contribution in [1.82, 2.24) is 10.6 Å². The maximum Gasteiger partial charge on any atom is 0.255 e. The zero-order valence-electron chi connectivity index (χ0n) is 14.3. The molecule has 0 fully saturated rings. The summed E-state index contributed by atoms with van der Waals surface area (Å²) in [5, 5.41) is 10.3. The summed E-state index contributed by atoms with van der Waals surface area (Å²) in [7, 11) is 0. The van der Waals surface area contributed by atoms with Crippen molar-refractivity contribution < 1.29 is 4.79 Å². The molecule has 0 saturated heterocycles. The van der Waals surface area contributed by atoms with Crippen LogP contribution in [0.5, 0.6) is 0 Å². The van der Waals surface area contributed by atoms with Gasteiger partial charge in [-0.05, 0) is 67.4 Å². The molecule has 2 aromatic rings. The predicted octanol–water partition coefficient (Wildman–Crippen LogP) is 4.49. The van der Waals surface area contributed by atoms with Crippen LogP contribution in [-0.2, 0) is 4.79 Å². The lowest BCUT2D eigenvalue weighted by Gasteiger charge is -2.30. The molecular weight excluding hydrogens is 386 g/mol. The van der Waals surface area contributed by atoms with E-state index in [-0.39, 0.29) is 11.9 Å². The summed E-state index contributed by atoms with van der Waals surface area (Å²) < 4.78 is 0. The number of allylic oxidation sites excluding steroid dienone is 1. The molecule has 0 saturated carbocycles. The van der Waals surface area contributed by atoms with Gasteiger partial charge in [-0.25, -0.2) is 0 Å². The SMILES string of the molecule is CSc1ccc([C@H]2NC(=S)NC(C)=C2C(=O)Nc2ccc(Cl)cc2)cc1. The Balaban J connectivity index is 1.91. The molecule has 4 nitrogen and oxygen atoms in total. The molecule has 2 aromatic carbocycles. The fourth-order valence-corrected chi connectivity index (χ4v) is 3.58. The number of carbonyl (C=O) groups is 1. The van der Waals surface area contributed by atoms with Crippen molar-refractivity contribution in [2.24, 2.45) is 0 Å². The molecule has 0 bridgehead atoms. The van der Waals surface area contributed by atoms with Gasteiger partial charge in [-0.2, -0.15) is 0 Å². The van der Waals surface area contributed by atoms with Gasteiger partial charge in [-0.3, -0.25) is 4.79 Å². The van der Waals surface area contributed by atoms with Crippen molar-refractivity contribution in [2.75, 3.05) is 11.6 Å². The number of nitrogens with one attached hydrogen (secondary N) is 3. The molecule has 3 N–H and O–H groups in total. The van der Waals surface area contributed by atoms with Gasteiger partial charge in [0.25, 0.3) is 5.91 Å². The molecule has 0 unspecified atom stereocenters. The molecular formula is C19H18ClN3OS2. The Morgan fingerprint density at radius 1 is 1.15 bits per heavy atom. The van der Waals surface area contributed by atoms with Crippen LogP contribution in [0.3, 0.4) is 0 Å². The zero-order valence-corrected chi connectivity index (χ0v) is 16.7. The number of hydrogen-bond donors (Lipinski definition) is 3. The van der Waals surface area contributed by atoms with E-state index in [1.165, 1.54) is 0 Å². The zero-order chi connectivity index (χ0) is 18.7. The third-order valence-corrected chi connectivity index (χ3v) is 5.28. The highest BCUT2D eigenvalue weighted by Crippen LogP contribution is 2.29. The molecule has 1 amide bonds. The second kappa shape index (κ2) is 8.12. The summed E-state index contributed by atoms with van der Waals surface area (Å²) >= 11 is 12.9. The Hall–Kier alpha value is -2.02. The van der Waals surface area contributed by atoms with Crippen LogP contribution in [0, 0.1) is 0 Å². The van der Waals surface area contributed by atoms with E-state index in [2.05, 4.69) is 16.0 Å². The van der Waals surface area contributed by atoms with E-state index < -0.39 is 0 Å². The smallest absolute Gasteiger partial charge is 0.255 e. The minimum absolute atomic E-state index is 0.189. The van der Waals surface area contributed by atoms with Crippen LogP contribution in [0.4, 0.5) is 5.69 Å². The van der Waals surface area contributed by atoms with Crippen LogP contribution in [0.2, 0.25) is 5.02 Å². The lowest BCUT2D eigenvalue weighted by Crippen LogP contribution is -2.45. The maximum atomic E-state index is 12.9. The molecule has 0 spiro atoms. The highest BCUT2D eigenvalue weighted by molar-refractivity contribution is 7.98. The largest absolute Gasteiger partial charge is 0.351 e. The number of benzene rings is 2. The summed E-state index contributed by atoms with van der Waals surface area (Å²) in [5.41, 5.74) is 3.00. The second-order valence-corrected chi connectivity index (χ2v) is 7.53. The minimum Gasteiger partial charge on any atom is -0.351 e. The molecule has 0 aromatic heterocycles. The van der Waals surface area contributed by atoms with Crippen molar-refractivity contribution in [3.8, 4) is 0 Å². The van der Waals surface area contributed by atoms with Gasteiger partial charge in [0, 0.05) is 21.3 Å². The number of anilines is 1. The van der Waals surface area contributed by atoms with Crippen LogP contribution in [0.15, 0.2) is 64.7 Å². The highest BCUT2D eigenvalue weighted by atomic mass is 35.5. The van der Waals surface area contributed by atoms with Crippen molar-refractivity contribution in [3.05, 3.63) is 70.4 Å². The molecule has 26 heavy (non-hydrogen) atoms. The summed E-state index contributed by atoms with van der Waals surface area (Å²) in [6.45, 7) is 1.85. The molecule has 0 aliphatic carbocycles. The summed E-state index contributed by atoms with van der Waals surface area (Å²) in [5.74, 6) is -0.189. The molecule has 134 valence electrons. The number of hydrogen-bond acceptors (Lipinski definition) is 3. The van der Waals surface area contributed by atoms with Crippen LogP contribution < -0.4 is 16.0 Å². The van der Waals surface area contributed by atoms with Crippen molar-refractivity contribution >= 4 is 52.3 Å². The van der Waals surface area contributed by atoms with Crippen molar-refractivity contribution in [1.29, 1.82) is 0 Å². The number of thiocarbonyl (C=S) groups is 1. The van der Waals surface area contributed by atoms with Gasteiger partial charge in [0.1, 0.15) is 0 Å². The number of thioether (sulfide) groups is 1.